The van der Waals surface area contributed by atoms with E-state index in [1.54, 1.807) is 0 Å². The molecular weight excluding hydrogens is 392 g/mol. The average Bonchev–Trinajstić information content (AvgIpc) is 3.17. The second-order valence-electron chi connectivity index (χ2n) is 8.01. The van der Waals surface area contributed by atoms with Crippen LogP contribution in [0.5, 0.6) is 0 Å². The average molecular weight is 416 g/mol. The SMILES string of the molecule is COC(=O)c1c(NC(=O)CN2C(=O)[C@H]3CC=CC[C@H]3C2=O)sc2c1CC[C@@H](C)C2. The Bertz CT molecular complexity index is 892. The van der Waals surface area contributed by atoms with Gasteiger partial charge in [-0.05, 0) is 43.6 Å². The van der Waals surface area contributed by atoms with E-state index in [2.05, 4.69) is 12.2 Å². The number of ether oxygens (including phenoxy) is 1. The molecule has 3 atom stereocenters. The van der Waals surface area contributed by atoms with Gasteiger partial charge in [0, 0.05) is 4.88 Å². The topological polar surface area (TPSA) is 92.8 Å². The molecule has 0 radical (unpaired) electrons. The number of imide groups is 1. The monoisotopic (exact) mass is 416 g/mol. The van der Waals surface area contributed by atoms with Gasteiger partial charge in [0.15, 0.2) is 0 Å². The third kappa shape index (κ3) is 3.50. The van der Waals surface area contributed by atoms with Crippen molar-refractivity contribution < 1.29 is 23.9 Å². The normalized spacial score (nSPS) is 25.6. The number of anilines is 1. The molecule has 0 saturated carbocycles. The second-order valence-corrected chi connectivity index (χ2v) is 9.12. The van der Waals surface area contributed by atoms with Gasteiger partial charge in [-0.1, -0.05) is 19.1 Å². The molecule has 1 saturated heterocycles. The van der Waals surface area contributed by atoms with Crippen molar-refractivity contribution in [3.8, 4) is 0 Å². The number of allylic oxidation sites excluding steroid dienone is 2. The van der Waals surface area contributed by atoms with E-state index in [1.165, 1.54) is 18.4 Å². The molecular formula is C21H24N2O5S. The van der Waals surface area contributed by atoms with Crippen molar-refractivity contribution in [3.63, 3.8) is 0 Å². The van der Waals surface area contributed by atoms with Gasteiger partial charge in [-0.25, -0.2) is 4.79 Å². The molecule has 2 heterocycles. The Morgan fingerprint density at radius 2 is 1.86 bits per heavy atom. The maximum atomic E-state index is 12.7. The summed E-state index contributed by atoms with van der Waals surface area (Å²) < 4.78 is 4.93. The number of fused-ring (bicyclic) bond motifs is 2. The van der Waals surface area contributed by atoms with Crippen LogP contribution in [0.15, 0.2) is 12.2 Å². The van der Waals surface area contributed by atoms with Crippen molar-refractivity contribution in [2.24, 2.45) is 17.8 Å². The number of nitrogens with one attached hydrogen (secondary N) is 1. The molecule has 7 nitrogen and oxygen atoms in total. The highest BCUT2D eigenvalue weighted by Crippen LogP contribution is 2.40. The van der Waals surface area contributed by atoms with Gasteiger partial charge in [0.2, 0.25) is 17.7 Å². The Hall–Kier alpha value is -2.48. The predicted molar refractivity (Wildman–Crippen MR) is 108 cm³/mol. The summed E-state index contributed by atoms with van der Waals surface area (Å²) in [5, 5.41) is 3.21. The number of methoxy groups -OCH3 is 1. The minimum absolute atomic E-state index is 0.285. The van der Waals surface area contributed by atoms with Crippen molar-refractivity contribution in [2.45, 2.75) is 39.0 Å². The van der Waals surface area contributed by atoms with Crippen LogP contribution < -0.4 is 5.32 Å². The van der Waals surface area contributed by atoms with Crippen LogP contribution >= 0.6 is 11.3 Å². The highest BCUT2D eigenvalue weighted by Gasteiger charge is 2.47. The quantitative estimate of drug-likeness (QED) is 0.463. The van der Waals surface area contributed by atoms with Crippen LogP contribution in [0.3, 0.4) is 0 Å². The molecule has 1 aromatic heterocycles. The number of hydrogen-bond donors (Lipinski definition) is 1. The minimum atomic E-state index is -0.477. The van der Waals surface area contributed by atoms with Gasteiger partial charge in [-0.3, -0.25) is 19.3 Å². The summed E-state index contributed by atoms with van der Waals surface area (Å²) in [5.74, 6) is -1.72. The van der Waals surface area contributed by atoms with Crippen LogP contribution in [0, 0.1) is 17.8 Å². The number of carbonyl (C=O) groups excluding carboxylic acids is 4. The van der Waals surface area contributed by atoms with Crippen LogP contribution in [-0.2, 0) is 32.0 Å². The maximum absolute atomic E-state index is 12.7. The smallest absolute Gasteiger partial charge is 0.341 e. The molecule has 1 aromatic rings. The Labute approximate surface area is 173 Å². The molecule has 1 aliphatic heterocycles. The summed E-state index contributed by atoms with van der Waals surface area (Å²) in [6.45, 7) is 1.84. The number of carbonyl (C=O) groups is 4. The third-order valence-corrected chi connectivity index (χ3v) is 7.22. The van der Waals surface area contributed by atoms with E-state index in [9.17, 15) is 19.2 Å². The number of hydrogen-bond acceptors (Lipinski definition) is 6. The van der Waals surface area contributed by atoms with E-state index in [-0.39, 0.29) is 30.2 Å². The Morgan fingerprint density at radius 1 is 1.21 bits per heavy atom. The number of amides is 3. The van der Waals surface area contributed by atoms with Gasteiger partial charge >= 0.3 is 5.97 Å². The molecule has 1 N–H and O–H groups in total. The number of rotatable bonds is 4. The number of likely N-dealkylation sites (tertiary alicyclic amines) is 1. The minimum Gasteiger partial charge on any atom is -0.465 e. The van der Waals surface area contributed by atoms with Crippen LogP contribution in [0.4, 0.5) is 5.00 Å². The summed E-state index contributed by atoms with van der Waals surface area (Å²) >= 11 is 1.39. The zero-order valence-corrected chi connectivity index (χ0v) is 17.3. The molecule has 2 aliphatic carbocycles. The molecule has 1 fully saturated rings. The van der Waals surface area contributed by atoms with Gasteiger partial charge in [-0.2, -0.15) is 0 Å². The van der Waals surface area contributed by atoms with E-state index in [0.717, 1.165) is 34.6 Å². The predicted octanol–water partition coefficient (Wildman–Crippen LogP) is 2.55. The molecule has 29 heavy (non-hydrogen) atoms. The van der Waals surface area contributed by atoms with Gasteiger partial charge in [0.25, 0.3) is 0 Å². The first-order chi connectivity index (χ1) is 13.9. The maximum Gasteiger partial charge on any atom is 0.341 e. The molecule has 3 aliphatic rings. The zero-order valence-electron chi connectivity index (χ0n) is 16.5. The van der Waals surface area contributed by atoms with E-state index in [0.29, 0.717) is 29.3 Å². The number of thiophene rings is 1. The van der Waals surface area contributed by atoms with E-state index < -0.39 is 11.9 Å². The Kier molecular flexibility index (Phi) is 5.29. The molecule has 154 valence electrons. The Morgan fingerprint density at radius 3 is 2.48 bits per heavy atom. The molecule has 4 rings (SSSR count). The van der Waals surface area contributed by atoms with Gasteiger partial charge in [-0.15, -0.1) is 11.3 Å². The summed E-state index contributed by atoms with van der Waals surface area (Å²) in [4.78, 5) is 52.3. The fraction of sp³-hybridized carbons (Fsp3) is 0.524. The summed E-state index contributed by atoms with van der Waals surface area (Å²) in [6.07, 6.45) is 7.51. The first-order valence-corrected chi connectivity index (χ1v) is 10.7. The van der Waals surface area contributed by atoms with Gasteiger partial charge in [0.1, 0.15) is 11.5 Å². The number of esters is 1. The molecule has 0 aromatic carbocycles. The molecule has 0 unspecified atom stereocenters. The van der Waals surface area contributed by atoms with Crippen molar-refractivity contribution in [2.75, 3.05) is 19.0 Å². The summed E-state index contributed by atoms with van der Waals surface area (Å²) in [7, 11) is 1.32. The molecule has 0 bridgehead atoms. The van der Waals surface area contributed by atoms with Gasteiger partial charge in [0.05, 0.1) is 24.5 Å². The standard InChI is InChI=1S/C21H24N2O5S/c1-11-7-8-14-15(9-11)29-18(17(14)21(27)28-2)22-16(24)10-23-19(25)12-5-3-4-6-13(12)20(23)26/h3-4,11-13H,5-10H2,1-2H3,(H,22,24)/t11-,12-,13+/m1/s1. The lowest BCUT2D eigenvalue weighted by Gasteiger charge is -2.18. The van der Waals surface area contributed by atoms with Crippen molar-refractivity contribution >= 4 is 40.0 Å². The van der Waals surface area contributed by atoms with E-state index >= 15 is 0 Å². The summed E-state index contributed by atoms with van der Waals surface area (Å²) in [5.41, 5.74) is 1.35. The fourth-order valence-electron chi connectivity index (χ4n) is 4.49. The first kappa shape index (κ1) is 19.8. The highest BCUT2D eigenvalue weighted by atomic mass is 32.1. The van der Waals surface area contributed by atoms with Crippen LogP contribution in [0.1, 0.15) is 47.0 Å². The lowest BCUT2D eigenvalue weighted by atomic mass is 9.85. The Balaban J connectivity index is 1.52. The van der Waals surface area contributed by atoms with Crippen molar-refractivity contribution in [1.82, 2.24) is 4.90 Å². The summed E-state index contributed by atoms with van der Waals surface area (Å²) in [6, 6.07) is 0. The molecule has 0 spiro atoms. The largest absolute Gasteiger partial charge is 0.465 e. The zero-order chi connectivity index (χ0) is 20.7. The fourth-order valence-corrected chi connectivity index (χ4v) is 5.91. The third-order valence-electron chi connectivity index (χ3n) is 6.05. The van der Waals surface area contributed by atoms with E-state index in [4.69, 9.17) is 4.74 Å². The van der Waals surface area contributed by atoms with Crippen LogP contribution in [0.2, 0.25) is 0 Å². The van der Waals surface area contributed by atoms with Crippen molar-refractivity contribution in [1.29, 1.82) is 0 Å². The molecule has 3 amide bonds. The second kappa shape index (κ2) is 7.74. The van der Waals surface area contributed by atoms with Crippen LogP contribution in [0.25, 0.3) is 0 Å². The lowest BCUT2D eigenvalue weighted by Crippen LogP contribution is -2.38. The number of nitrogens with zero attached hydrogens (tertiary/aromatic N) is 1. The molecule has 8 heteroatoms. The lowest BCUT2D eigenvalue weighted by molar-refractivity contribution is -0.142. The van der Waals surface area contributed by atoms with Gasteiger partial charge < -0.3 is 10.1 Å². The highest BCUT2D eigenvalue weighted by molar-refractivity contribution is 7.17. The van der Waals surface area contributed by atoms with E-state index in [1.807, 2.05) is 12.2 Å². The van der Waals surface area contributed by atoms with Crippen LogP contribution in [-0.4, -0.2) is 42.2 Å². The van der Waals surface area contributed by atoms with Crippen molar-refractivity contribution in [3.05, 3.63) is 28.2 Å². The first-order valence-electron chi connectivity index (χ1n) is 9.93.